The van der Waals surface area contributed by atoms with E-state index in [1.54, 1.807) is 0 Å². The number of carbonyl (C=O) groups is 1. The Bertz CT molecular complexity index is 200. The first kappa shape index (κ1) is 15.2. The topological polar surface area (TPSA) is 50.4 Å². The summed E-state index contributed by atoms with van der Waals surface area (Å²) in [6, 6.07) is 0.543. The monoisotopic (exact) mass is 230 g/mol. The number of hydrogen-bond donors (Lipinski definition) is 2. The van der Waals surface area contributed by atoms with Crippen molar-refractivity contribution in [3.8, 4) is 0 Å². The van der Waals surface area contributed by atoms with Gasteiger partial charge in [0.2, 0.25) is 0 Å². The molecule has 96 valence electrons. The molecule has 0 radical (unpaired) electrons. The zero-order valence-electron chi connectivity index (χ0n) is 11.2. The quantitative estimate of drug-likeness (QED) is 0.688. The van der Waals surface area contributed by atoms with E-state index >= 15 is 0 Å². The Hall–Kier alpha value is -0.770. The average Bonchev–Trinajstić information content (AvgIpc) is 2.14. The minimum absolute atomic E-state index is 0.337. The van der Waals surface area contributed by atoms with Crippen LogP contribution in [0.1, 0.15) is 47.5 Å². The minimum atomic E-state index is -0.418. The molecule has 16 heavy (non-hydrogen) atoms. The third-order valence-corrected chi connectivity index (χ3v) is 2.13. The van der Waals surface area contributed by atoms with E-state index in [0.717, 1.165) is 19.4 Å². The van der Waals surface area contributed by atoms with E-state index in [1.165, 1.54) is 0 Å². The maximum absolute atomic E-state index is 11.3. The number of nitrogens with one attached hydrogen (secondary N) is 2. The summed E-state index contributed by atoms with van der Waals surface area (Å²) in [5.74, 6) is 0. The predicted molar refractivity (Wildman–Crippen MR) is 66.6 cm³/mol. The second-order valence-electron chi connectivity index (χ2n) is 5.05. The third-order valence-electron chi connectivity index (χ3n) is 2.13. The van der Waals surface area contributed by atoms with Gasteiger partial charge in [0.1, 0.15) is 5.60 Å². The van der Waals surface area contributed by atoms with E-state index in [1.807, 2.05) is 20.8 Å². The molecule has 0 aromatic rings. The Morgan fingerprint density at radius 2 is 1.94 bits per heavy atom. The highest BCUT2D eigenvalue weighted by Crippen LogP contribution is 2.06. The average molecular weight is 230 g/mol. The van der Waals surface area contributed by atoms with Crippen LogP contribution >= 0.6 is 0 Å². The highest BCUT2D eigenvalue weighted by molar-refractivity contribution is 5.67. The van der Waals surface area contributed by atoms with Gasteiger partial charge in [-0.25, -0.2) is 4.79 Å². The molecule has 0 aliphatic heterocycles. The molecule has 0 bridgehead atoms. The minimum Gasteiger partial charge on any atom is -0.444 e. The van der Waals surface area contributed by atoms with Crippen LogP contribution < -0.4 is 10.6 Å². The van der Waals surface area contributed by atoms with Gasteiger partial charge < -0.3 is 15.4 Å². The summed E-state index contributed by atoms with van der Waals surface area (Å²) < 4.78 is 5.12. The molecule has 0 aliphatic rings. The first-order valence-electron chi connectivity index (χ1n) is 6.05. The molecule has 1 atom stereocenters. The van der Waals surface area contributed by atoms with E-state index in [9.17, 15) is 4.79 Å². The fourth-order valence-electron chi connectivity index (χ4n) is 1.09. The van der Waals surface area contributed by atoms with Crippen molar-refractivity contribution >= 4 is 6.09 Å². The summed E-state index contributed by atoms with van der Waals surface area (Å²) >= 11 is 0. The predicted octanol–water partition coefficient (Wildman–Crippen LogP) is 2.29. The molecule has 4 heteroatoms. The van der Waals surface area contributed by atoms with E-state index in [4.69, 9.17) is 4.74 Å². The molecule has 0 aliphatic carbocycles. The summed E-state index contributed by atoms with van der Waals surface area (Å²) in [7, 11) is 0. The Kier molecular flexibility index (Phi) is 7.13. The fraction of sp³-hybridized carbons (Fsp3) is 0.917. The third kappa shape index (κ3) is 9.77. The lowest BCUT2D eigenvalue weighted by Gasteiger charge is -2.19. The normalized spacial score (nSPS) is 13.3. The van der Waals surface area contributed by atoms with Crippen molar-refractivity contribution in [3.63, 3.8) is 0 Å². The number of rotatable bonds is 6. The van der Waals surface area contributed by atoms with Crippen LogP contribution in [0.15, 0.2) is 0 Å². The van der Waals surface area contributed by atoms with Gasteiger partial charge >= 0.3 is 6.09 Å². The van der Waals surface area contributed by atoms with Gasteiger partial charge in [0, 0.05) is 12.6 Å². The largest absolute Gasteiger partial charge is 0.444 e. The Balaban J connectivity index is 3.42. The highest BCUT2D eigenvalue weighted by atomic mass is 16.6. The number of hydrogen-bond acceptors (Lipinski definition) is 3. The van der Waals surface area contributed by atoms with Crippen LogP contribution in [0, 0.1) is 0 Å². The molecule has 0 aromatic heterocycles. The second kappa shape index (κ2) is 7.49. The highest BCUT2D eigenvalue weighted by Gasteiger charge is 2.15. The molecule has 0 fully saturated rings. The van der Waals surface area contributed by atoms with E-state index < -0.39 is 5.60 Å². The van der Waals surface area contributed by atoms with Crippen LogP contribution in [-0.2, 0) is 4.74 Å². The van der Waals surface area contributed by atoms with Crippen molar-refractivity contribution in [2.45, 2.75) is 59.1 Å². The van der Waals surface area contributed by atoms with Gasteiger partial charge in [-0.05, 0) is 47.1 Å². The second-order valence-corrected chi connectivity index (χ2v) is 5.05. The summed E-state index contributed by atoms with van der Waals surface area (Å²) in [6.45, 7) is 11.5. The van der Waals surface area contributed by atoms with Crippen molar-refractivity contribution in [2.24, 2.45) is 0 Å². The van der Waals surface area contributed by atoms with Crippen molar-refractivity contribution in [1.29, 1.82) is 0 Å². The lowest BCUT2D eigenvalue weighted by Crippen LogP contribution is -2.34. The van der Waals surface area contributed by atoms with Gasteiger partial charge in [0.25, 0.3) is 0 Å². The summed E-state index contributed by atoms with van der Waals surface area (Å²) in [4.78, 5) is 11.3. The molecule has 0 spiro atoms. The lowest BCUT2D eigenvalue weighted by molar-refractivity contribution is 0.0527. The molecule has 1 amide bonds. The molecule has 0 heterocycles. The van der Waals surface area contributed by atoms with Crippen LogP contribution in [-0.4, -0.2) is 30.8 Å². The van der Waals surface area contributed by atoms with E-state index in [-0.39, 0.29) is 6.09 Å². The van der Waals surface area contributed by atoms with Crippen molar-refractivity contribution in [2.75, 3.05) is 13.1 Å². The van der Waals surface area contributed by atoms with Gasteiger partial charge in [0.15, 0.2) is 0 Å². The van der Waals surface area contributed by atoms with Gasteiger partial charge in [-0.2, -0.15) is 0 Å². The maximum atomic E-state index is 11.3. The zero-order chi connectivity index (χ0) is 12.6. The van der Waals surface area contributed by atoms with Gasteiger partial charge in [-0.1, -0.05) is 6.92 Å². The summed E-state index contributed by atoms with van der Waals surface area (Å²) in [5.41, 5.74) is -0.418. The van der Waals surface area contributed by atoms with Gasteiger partial charge in [0.05, 0.1) is 0 Å². The molecule has 0 aromatic carbocycles. The molecule has 2 N–H and O–H groups in total. The van der Waals surface area contributed by atoms with Crippen LogP contribution in [0.4, 0.5) is 4.79 Å². The van der Waals surface area contributed by atoms with E-state index in [0.29, 0.717) is 12.6 Å². The Morgan fingerprint density at radius 1 is 1.31 bits per heavy atom. The van der Waals surface area contributed by atoms with Crippen molar-refractivity contribution in [1.82, 2.24) is 10.6 Å². The summed E-state index contributed by atoms with van der Waals surface area (Å²) in [5, 5.41) is 6.09. The molecular formula is C12H26N2O2. The standard InChI is InChI=1S/C12H26N2O2/c1-6-10(2)13-8-7-9-14-11(15)16-12(3,4)5/h10,13H,6-9H2,1-5H3,(H,14,15). The Morgan fingerprint density at radius 3 is 2.44 bits per heavy atom. The van der Waals surface area contributed by atoms with Gasteiger partial charge in [-0.15, -0.1) is 0 Å². The maximum Gasteiger partial charge on any atom is 0.407 e. The molecule has 0 rings (SSSR count). The van der Waals surface area contributed by atoms with Crippen molar-refractivity contribution in [3.05, 3.63) is 0 Å². The molecule has 0 saturated heterocycles. The first-order chi connectivity index (χ1) is 7.35. The zero-order valence-corrected chi connectivity index (χ0v) is 11.2. The van der Waals surface area contributed by atoms with Crippen molar-refractivity contribution < 1.29 is 9.53 Å². The van der Waals surface area contributed by atoms with Crippen LogP contribution in [0.2, 0.25) is 0 Å². The van der Waals surface area contributed by atoms with Crippen LogP contribution in [0.5, 0.6) is 0 Å². The number of amides is 1. The molecule has 4 nitrogen and oxygen atoms in total. The Labute approximate surface area is 99.1 Å². The number of alkyl carbamates (subject to hydrolysis) is 1. The number of carbonyl (C=O) groups excluding carboxylic acids is 1. The SMILES string of the molecule is CCC(C)NCCCNC(=O)OC(C)(C)C. The van der Waals surface area contributed by atoms with Crippen LogP contribution in [0.25, 0.3) is 0 Å². The molecule has 0 saturated carbocycles. The summed E-state index contributed by atoms with van der Waals surface area (Å²) in [6.07, 6.45) is 1.71. The van der Waals surface area contributed by atoms with Gasteiger partial charge in [-0.3, -0.25) is 0 Å². The number of ether oxygens (including phenoxy) is 1. The first-order valence-corrected chi connectivity index (χ1v) is 6.05. The molecular weight excluding hydrogens is 204 g/mol. The fourth-order valence-corrected chi connectivity index (χ4v) is 1.09. The lowest BCUT2D eigenvalue weighted by atomic mass is 10.2. The smallest absolute Gasteiger partial charge is 0.407 e. The van der Waals surface area contributed by atoms with E-state index in [2.05, 4.69) is 24.5 Å². The van der Waals surface area contributed by atoms with Crippen LogP contribution in [0.3, 0.4) is 0 Å². The molecule has 1 unspecified atom stereocenters.